The molecule has 3 aliphatic carbocycles. The van der Waals surface area contributed by atoms with Crippen molar-refractivity contribution in [3.05, 3.63) is 259 Å². The maximum absolute atomic E-state index is 4.06. The largest absolute Gasteiger partial charge is 0.359 e. The highest BCUT2D eigenvalue weighted by Gasteiger charge is 2.45. The van der Waals surface area contributed by atoms with Crippen LogP contribution in [0.3, 0.4) is 0 Å². The molecule has 82 heavy (non-hydrogen) atoms. The van der Waals surface area contributed by atoms with Gasteiger partial charge in [-0.1, -0.05) is 178 Å². The molecule has 1 aliphatic heterocycles. The number of allylic oxidation sites excluding steroid dienone is 6. The van der Waals surface area contributed by atoms with Crippen LogP contribution >= 0.6 is 23.1 Å². The number of nitrogens with zero attached hydrogens (tertiary/aromatic N) is 1. The molecule has 394 valence electrons. The molecule has 0 saturated heterocycles. The van der Waals surface area contributed by atoms with Gasteiger partial charge in [0.15, 0.2) is 0 Å². The van der Waals surface area contributed by atoms with Crippen LogP contribution in [-0.4, -0.2) is 14.3 Å². The Morgan fingerprint density at radius 3 is 2.09 bits per heavy atom. The lowest BCUT2D eigenvalue weighted by Crippen LogP contribution is -2.28. The molecule has 6 heteroatoms. The molecule has 4 heterocycles. The number of aromatic amines is 1. The van der Waals surface area contributed by atoms with Crippen LogP contribution in [0.5, 0.6) is 0 Å². The normalized spacial score (nSPS) is 18.8. The van der Waals surface area contributed by atoms with Crippen molar-refractivity contribution in [2.24, 2.45) is 0 Å². The zero-order chi connectivity index (χ0) is 54.4. The SMILES string of the molecule is CC1(C)C2=C(c3ccccc31)C(n1c3ccccc3c3ccc(Nc4ccc5sc6ccc(-c7ccc8c(c7)C7C=C(Nc9ccc%10c([nH]c%11ccccc%11%10)c9-c9ccccc9)CCC7(C)S8)cc6c5c4)c(-c4ccccc4)c31)CC=C2. The quantitative estimate of drug-likeness (QED) is 0.142. The Bertz CT molecular complexity index is 4930. The number of H-pyrrole nitrogens is 1. The maximum atomic E-state index is 4.06. The lowest BCUT2D eigenvalue weighted by molar-refractivity contribution is 0.517. The van der Waals surface area contributed by atoms with E-state index in [4.69, 9.17) is 0 Å². The van der Waals surface area contributed by atoms with Gasteiger partial charge in [0, 0.05) is 108 Å². The van der Waals surface area contributed by atoms with E-state index in [0.29, 0.717) is 0 Å². The second-order valence-corrected chi connectivity index (χ2v) is 26.5. The number of hydrogen-bond acceptors (Lipinski definition) is 4. The van der Waals surface area contributed by atoms with E-state index in [9.17, 15) is 0 Å². The van der Waals surface area contributed by atoms with Crippen molar-refractivity contribution in [1.82, 2.24) is 9.55 Å². The smallest absolute Gasteiger partial charge is 0.0635 e. The first kappa shape index (κ1) is 47.9. The molecule has 0 saturated carbocycles. The van der Waals surface area contributed by atoms with Crippen LogP contribution in [0.2, 0.25) is 0 Å². The summed E-state index contributed by atoms with van der Waals surface area (Å²) in [5, 5.41) is 15.7. The molecule has 17 rings (SSSR count). The van der Waals surface area contributed by atoms with Gasteiger partial charge in [-0.05, 0) is 143 Å². The Morgan fingerprint density at radius 2 is 1.24 bits per heavy atom. The van der Waals surface area contributed by atoms with Crippen LogP contribution in [-0.2, 0) is 5.41 Å². The summed E-state index contributed by atoms with van der Waals surface area (Å²) in [6.45, 7) is 7.28. The second kappa shape index (κ2) is 18.1. The Labute approximate surface area is 485 Å². The number of para-hydroxylation sites is 2. The van der Waals surface area contributed by atoms with Crippen molar-refractivity contribution in [2.45, 2.75) is 67.1 Å². The summed E-state index contributed by atoms with van der Waals surface area (Å²) in [4.78, 5) is 5.20. The lowest BCUT2D eigenvalue weighted by atomic mass is 9.78. The molecule has 0 bridgehead atoms. The van der Waals surface area contributed by atoms with Gasteiger partial charge in [-0.3, -0.25) is 0 Å². The average molecular weight is 1090 g/mol. The predicted octanol–water partition coefficient (Wildman–Crippen LogP) is 21.5. The van der Waals surface area contributed by atoms with E-state index in [1.54, 1.807) is 0 Å². The summed E-state index contributed by atoms with van der Waals surface area (Å²) in [6.07, 6.45) is 10.4. The number of thiophene rings is 1. The maximum Gasteiger partial charge on any atom is 0.0635 e. The van der Waals surface area contributed by atoms with Crippen molar-refractivity contribution in [2.75, 3.05) is 10.6 Å². The molecule has 0 radical (unpaired) electrons. The fraction of sp³-hybridized carbons (Fsp3) is 0.132. The van der Waals surface area contributed by atoms with Crippen molar-refractivity contribution >= 4 is 110 Å². The molecular weight excluding hydrogens is 1030 g/mol. The van der Waals surface area contributed by atoms with Gasteiger partial charge in [0.1, 0.15) is 0 Å². The first-order valence-corrected chi connectivity index (χ1v) is 30.6. The van der Waals surface area contributed by atoms with Gasteiger partial charge in [-0.15, -0.1) is 23.1 Å². The Kier molecular flexibility index (Phi) is 10.6. The summed E-state index contributed by atoms with van der Waals surface area (Å²) in [5.41, 5.74) is 23.9. The highest BCUT2D eigenvalue weighted by atomic mass is 32.2. The van der Waals surface area contributed by atoms with Crippen LogP contribution in [0.15, 0.2) is 247 Å². The molecule has 3 unspecified atom stereocenters. The van der Waals surface area contributed by atoms with E-state index in [1.807, 2.05) is 11.3 Å². The third-order valence-electron chi connectivity index (χ3n) is 18.8. The minimum atomic E-state index is -0.0802. The summed E-state index contributed by atoms with van der Waals surface area (Å²) in [6, 6.07) is 79.5. The Hall–Kier alpha value is -8.81. The highest BCUT2D eigenvalue weighted by Crippen LogP contribution is 2.60. The van der Waals surface area contributed by atoms with Crippen LogP contribution in [0.25, 0.3) is 103 Å². The van der Waals surface area contributed by atoms with Gasteiger partial charge in [0.25, 0.3) is 0 Å². The molecule has 0 fully saturated rings. The number of hydrogen-bond donors (Lipinski definition) is 3. The van der Waals surface area contributed by atoms with E-state index in [2.05, 4.69) is 283 Å². The van der Waals surface area contributed by atoms with Gasteiger partial charge >= 0.3 is 0 Å². The minimum absolute atomic E-state index is 0.0802. The van der Waals surface area contributed by atoms with Gasteiger partial charge in [0.05, 0.1) is 17.1 Å². The molecule has 10 aromatic carbocycles. The Morgan fingerprint density at radius 1 is 0.561 bits per heavy atom. The van der Waals surface area contributed by atoms with E-state index < -0.39 is 0 Å². The fourth-order valence-corrected chi connectivity index (χ4v) is 17.4. The van der Waals surface area contributed by atoms with Crippen LogP contribution in [0.1, 0.15) is 68.7 Å². The number of rotatable bonds is 8. The number of aromatic nitrogens is 2. The first-order chi connectivity index (χ1) is 40.2. The zero-order valence-electron chi connectivity index (χ0n) is 46.0. The molecule has 0 spiro atoms. The molecule has 3 atom stereocenters. The third-order valence-corrected chi connectivity index (χ3v) is 21.5. The standard InChI is InChI=1S/C76H58N4S2/c1-75(2)59-24-13-10-23-55(59)72-60(75)25-16-28-66(72)80-65-27-15-12-22-52(65)54-33-35-64(71(74(54)80)46-19-8-5-9-20-46)77-49-31-38-68-57(43-49)56-41-47(29-36-67(56)81-68)48-30-37-69-58(42-48)61-44-50(39-40-76(61,3)82-69)78-63-34-32-53-51-21-11-14-26-62(51)79-73(53)70(63)45-17-6-4-7-18-45/h4-27,29-38,41-44,61,66,77-79H,28,39-40H2,1-3H3. The molecule has 4 aliphatic rings. The molecule has 3 N–H and O–H groups in total. The number of fused-ring (bicyclic) bond motifs is 14. The van der Waals surface area contributed by atoms with E-state index >= 15 is 0 Å². The van der Waals surface area contributed by atoms with Crippen LogP contribution in [0.4, 0.5) is 17.1 Å². The molecular formula is C76H58N4S2. The van der Waals surface area contributed by atoms with Crippen molar-refractivity contribution in [3.8, 4) is 33.4 Å². The molecule has 0 amide bonds. The van der Waals surface area contributed by atoms with E-state index in [0.717, 1.165) is 41.8 Å². The molecule has 13 aromatic rings. The van der Waals surface area contributed by atoms with Gasteiger partial charge in [-0.25, -0.2) is 0 Å². The third kappa shape index (κ3) is 7.23. The van der Waals surface area contributed by atoms with Crippen LogP contribution in [0, 0.1) is 0 Å². The number of anilines is 3. The summed E-state index contributed by atoms with van der Waals surface area (Å²) in [7, 11) is 0. The molecule has 3 aromatic heterocycles. The molecule has 4 nitrogen and oxygen atoms in total. The van der Waals surface area contributed by atoms with Crippen molar-refractivity contribution in [3.63, 3.8) is 0 Å². The van der Waals surface area contributed by atoms with Gasteiger partial charge in [-0.2, -0.15) is 0 Å². The van der Waals surface area contributed by atoms with Gasteiger partial charge in [0.2, 0.25) is 0 Å². The average Bonchev–Trinajstić information content (AvgIpc) is 3.30. The Balaban J connectivity index is 0.736. The summed E-state index contributed by atoms with van der Waals surface area (Å²) in [5.74, 6) is 0.280. The van der Waals surface area contributed by atoms with Crippen molar-refractivity contribution < 1.29 is 0 Å². The first-order valence-electron chi connectivity index (χ1n) is 29.0. The van der Waals surface area contributed by atoms with E-state index in [-0.39, 0.29) is 22.1 Å². The number of nitrogens with one attached hydrogen (secondary N) is 3. The van der Waals surface area contributed by atoms with E-state index in [1.165, 1.54) is 130 Å². The predicted molar refractivity (Wildman–Crippen MR) is 351 cm³/mol. The van der Waals surface area contributed by atoms with Crippen molar-refractivity contribution in [1.29, 1.82) is 0 Å². The summed E-state index contributed by atoms with van der Waals surface area (Å²) < 4.78 is 5.37. The minimum Gasteiger partial charge on any atom is -0.359 e. The van der Waals surface area contributed by atoms with Gasteiger partial charge < -0.3 is 20.2 Å². The lowest BCUT2D eigenvalue weighted by Gasteiger charge is -2.35. The zero-order valence-corrected chi connectivity index (χ0v) is 47.6. The highest BCUT2D eigenvalue weighted by molar-refractivity contribution is 8.01. The fourth-order valence-electron chi connectivity index (χ4n) is 14.9. The second-order valence-electron chi connectivity index (χ2n) is 23.8. The monoisotopic (exact) mass is 1090 g/mol. The topological polar surface area (TPSA) is 44.8 Å². The summed E-state index contributed by atoms with van der Waals surface area (Å²) >= 11 is 3.95. The number of benzene rings is 10. The van der Waals surface area contributed by atoms with Crippen LogP contribution < -0.4 is 10.6 Å². The number of thioether (sulfide) groups is 1.